The fourth-order valence-electron chi connectivity index (χ4n) is 4.53. The third kappa shape index (κ3) is 7.54. The minimum Gasteiger partial charge on any atom is -0.481 e. The van der Waals surface area contributed by atoms with Gasteiger partial charge >= 0.3 is 5.97 Å². The van der Waals surface area contributed by atoms with Crippen molar-refractivity contribution in [3.05, 3.63) is 126 Å². The highest BCUT2D eigenvalue weighted by atomic mass is 19.1. The van der Waals surface area contributed by atoms with Crippen LogP contribution in [0.5, 0.6) is 23.0 Å². The molecule has 218 valence electrons. The summed E-state index contributed by atoms with van der Waals surface area (Å²) in [5.41, 5.74) is 2.01. The lowest BCUT2D eigenvalue weighted by molar-refractivity contribution is -0.137. The molecule has 0 aliphatic rings. The molecular formula is C35H31FN2O5. The molecule has 2 N–H and O–H groups in total. The minimum atomic E-state index is -1.07. The number of amides is 1. The first-order chi connectivity index (χ1) is 20.5. The maximum absolute atomic E-state index is 13.2. The van der Waals surface area contributed by atoms with Gasteiger partial charge in [-0.3, -0.25) is 14.6 Å². The topological polar surface area (TPSA) is 97.8 Å². The van der Waals surface area contributed by atoms with E-state index in [0.29, 0.717) is 22.8 Å². The molecule has 5 aromatic rings. The summed E-state index contributed by atoms with van der Waals surface area (Å²) >= 11 is 0. The number of fused-ring (bicyclic) bond motifs is 1. The van der Waals surface area contributed by atoms with Gasteiger partial charge in [0.05, 0.1) is 12.5 Å². The number of hydrogen-bond acceptors (Lipinski definition) is 5. The lowest BCUT2D eigenvalue weighted by Crippen LogP contribution is -2.30. The highest BCUT2D eigenvalue weighted by Gasteiger charge is 2.20. The predicted octanol–water partition coefficient (Wildman–Crippen LogP) is 8.20. The zero-order valence-electron chi connectivity index (χ0n) is 24.0. The van der Waals surface area contributed by atoms with Crippen LogP contribution < -0.4 is 14.8 Å². The third-order valence-electron chi connectivity index (χ3n) is 6.90. The first-order valence-corrected chi connectivity index (χ1v) is 13.8. The molecule has 1 heterocycles. The average molecular weight is 579 g/mol. The van der Waals surface area contributed by atoms with E-state index in [0.717, 1.165) is 16.5 Å². The Bertz CT molecular complexity index is 1750. The summed E-state index contributed by atoms with van der Waals surface area (Å²) < 4.78 is 24.9. The predicted molar refractivity (Wildman–Crippen MR) is 162 cm³/mol. The molecule has 43 heavy (non-hydrogen) atoms. The number of carbonyl (C=O) groups is 2. The molecule has 8 heteroatoms. The zero-order valence-corrected chi connectivity index (χ0v) is 24.0. The van der Waals surface area contributed by atoms with Crippen molar-refractivity contribution < 1.29 is 28.6 Å². The number of aromatic nitrogens is 1. The maximum Gasteiger partial charge on any atom is 0.305 e. The van der Waals surface area contributed by atoms with Crippen molar-refractivity contribution in [3.63, 3.8) is 0 Å². The Morgan fingerprint density at radius 1 is 0.791 bits per heavy atom. The quantitative estimate of drug-likeness (QED) is 0.183. The summed E-state index contributed by atoms with van der Waals surface area (Å²) in [4.78, 5) is 29.1. The summed E-state index contributed by atoms with van der Waals surface area (Å²) in [5.74, 6) is 0.368. The molecule has 0 spiro atoms. The van der Waals surface area contributed by atoms with E-state index in [1.807, 2.05) is 30.3 Å². The van der Waals surface area contributed by atoms with Gasteiger partial charge in [0.15, 0.2) is 0 Å². The first-order valence-electron chi connectivity index (χ1n) is 13.8. The molecule has 5 rings (SSSR count). The van der Waals surface area contributed by atoms with Crippen LogP contribution in [0.15, 0.2) is 103 Å². The standard InChI is InChI=1S/C35H31FN2O5/c1-35(2,3)25-7-14-28(15-8-25)43-30-13-6-23-19-32(37-21-24(23)18-30)34(41)38-31(20-33(39)40)22-4-11-27(12-5-22)42-29-16-9-26(36)10-17-29/h4-19,21,31H,20H2,1-3H3,(H,38,41)(H,39,40). The van der Waals surface area contributed by atoms with E-state index in [2.05, 4.69) is 43.2 Å². The van der Waals surface area contributed by atoms with E-state index in [9.17, 15) is 19.1 Å². The number of aliphatic carboxylic acids is 1. The first kappa shape index (κ1) is 29.3. The smallest absolute Gasteiger partial charge is 0.305 e. The van der Waals surface area contributed by atoms with Crippen molar-refractivity contribution in [2.24, 2.45) is 0 Å². The zero-order chi connectivity index (χ0) is 30.6. The number of carboxylic acids is 1. The van der Waals surface area contributed by atoms with Crippen LogP contribution in [0.25, 0.3) is 10.8 Å². The van der Waals surface area contributed by atoms with E-state index in [1.54, 1.807) is 36.5 Å². The Hall–Kier alpha value is -5.24. The number of pyridine rings is 1. The number of nitrogens with one attached hydrogen (secondary N) is 1. The normalized spacial score (nSPS) is 12.0. The Labute approximate surface area is 248 Å². The van der Waals surface area contributed by atoms with Crippen LogP contribution in [0.4, 0.5) is 4.39 Å². The van der Waals surface area contributed by atoms with Crippen molar-refractivity contribution in [3.8, 4) is 23.0 Å². The molecule has 0 aliphatic carbocycles. The van der Waals surface area contributed by atoms with E-state index in [4.69, 9.17) is 9.47 Å². The van der Waals surface area contributed by atoms with Gasteiger partial charge in [0.25, 0.3) is 5.91 Å². The van der Waals surface area contributed by atoms with Crippen LogP contribution in [0.2, 0.25) is 0 Å². The molecule has 0 radical (unpaired) electrons. The minimum absolute atomic E-state index is 0.0522. The molecule has 7 nitrogen and oxygen atoms in total. The number of benzene rings is 4. The van der Waals surface area contributed by atoms with E-state index >= 15 is 0 Å². The Balaban J connectivity index is 1.28. The number of hydrogen-bond donors (Lipinski definition) is 2. The number of nitrogens with zero attached hydrogens (tertiary/aromatic N) is 1. The van der Waals surface area contributed by atoms with Gasteiger partial charge in [-0.05, 0) is 88.7 Å². The number of carbonyl (C=O) groups excluding carboxylic acids is 1. The van der Waals surface area contributed by atoms with Crippen molar-refractivity contribution >= 4 is 22.6 Å². The van der Waals surface area contributed by atoms with E-state index in [-0.39, 0.29) is 23.3 Å². The molecule has 1 atom stereocenters. The third-order valence-corrected chi connectivity index (χ3v) is 6.90. The molecular weight excluding hydrogens is 547 g/mol. The van der Waals surface area contributed by atoms with Gasteiger partial charge in [-0.25, -0.2) is 4.39 Å². The molecule has 4 aromatic carbocycles. The van der Waals surface area contributed by atoms with Crippen LogP contribution in [0.3, 0.4) is 0 Å². The van der Waals surface area contributed by atoms with Gasteiger partial charge < -0.3 is 19.9 Å². The molecule has 0 saturated carbocycles. The number of ether oxygens (including phenoxy) is 2. The van der Waals surface area contributed by atoms with E-state index < -0.39 is 17.9 Å². The molecule has 0 aliphatic heterocycles. The average Bonchev–Trinajstić information content (AvgIpc) is 2.98. The van der Waals surface area contributed by atoms with Crippen molar-refractivity contribution in [1.82, 2.24) is 10.3 Å². The highest BCUT2D eigenvalue weighted by Crippen LogP contribution is 2.29. The molecule has 1 aromatic heterocycles. The van der Waals surface area contributed by atoms with Gasteiger partial charge in [-0.1, -0.05) is 51.1 Å². The second-order valence-corrected chi connectivity index (χ2v) is 11.2. The van der Waals surface area contributed by atoms with Gasteiger partial charge in [-0.15, -0.1) is 0 Å². The fourth-order valence-corrected chi connectivity index (χ4v) is 4.53. The number of halogens is 1. The second-order valence-electron chi connectivity index (χ2n) is 11.2. The fraction of sp³-hybridized carbons (Fsp3) is 0.171. The number of rotatable bonds is 9. The second kappa shape index (κ2) is 12.3. The van der Waals surface area contributed by atoms with Crippen molar-refractivity contribution in [1.29, 1.82) is 0 Å². The summed E-state index contributed by atoms with van der Waals surface area (Å²) in [6.07, 6.45) is 1.27. The largest absolute Gasteiger partial charge is 0.481 e. The Kier molecular flexibility index (Phi) is 8.39. The van der Waals surface area contributed by atoms with Gasteiger partial charge in [0, 0.05) is 11.6 Å². The van der Waals surface area contributed by atoms with Crippen LogP contribution in [0.1, 0.15) is 54.8 Å². The lowest BCUT2D eigenvalue weighted by atomic mass is 9.87. The summed E-state index contributed by atoms with van der Waals surface area (Å²) in [6, 6.07) is 26.6. The summed E-state index contributed by atoms with van der Waals surface area (Å²) in [6.45, 7) is 6.47. The van der Waals surface area contributed by atoms with Crippen LogP contribution >= 0.6 is 0 Å². The highest BCUT2D eigenvalue weighted by molar-refractivity contribution is 5.97. The molecule has 0 fully saturated rings. The van der Waals surface area contributed by atoms with Crippen LogP contribution in [-0.2, 0) is 10.2 Å². The molecule has 1 unspecified atom stereocenters. The Morgan fingerprint density at radius 2 is 1.35 bits per heavy atom. The van der Waals surface area contributed by atoms with Crippen LogP contribution in [-0.4, -0.2) is 22.0 Å². The van der Waals surface area contributed by atoms with Crippen molar-refractivity contribution in [2.45, 2.75) is 38.6 Å². The summed E-state index contributed by atoms with van der Waals surface area (Å²) in [5, 5.41) is 13.9. The Morgan fingerprint density at radius 3 is 1.95 bits per heavy atom. The molecule has 1 amide bonds. The lowest BCUT2D eigenvalue weighted by Gasteiger charge is -2.19. The maximum atomic E-state index is 13.2. The van der Waals surface area contributed by atoms with Crippen LogP contribution in [0, 0.1) is 5.82 Å². The van der Waals surface area contributed by atoms with Crippen molar-refractivity contribution in [2.75, 3.05) is 0 Å². The monoisotopic (exact) mass is 578 g/mol. The number of carboxylic acid groups (broad SMARTS) is 1. The molecule has 0 bridgehead atoms. The van der Waals surface area contributed by atoms with E-state index in [1.165, 1.54) is 29.8 Å². The SMILES string of the molecule is CC(C)(C)c1ccc(Oc2ccc3cc(C(=O)NC(CC(=O)O)c4ccc(Oc5ccc(F)cc5)cc4)ncc3c2)cc1. The summed E-state index contributed by atoms with van der Waals surface area (Å²) in [7, 11) is 0. The van der Waals surface area contributed by atoms with Gasteiger partial charge in [0.2, 0.25) is 0 Å². The molecule has 0 saturated heterocycles. The van der Waals surface area contributed by atoms with Gasteiger partial charge in [-0.2, -0.15) is 0 Å². The van der Waals surface area contributed by atoms with Gasteiger partial charge in [0.1, 0.15) is 34.5 Å².